The van der Waals surface area contributed by atoms with Gasteiger partial charge in [0.1, 0.15) is 0 Å². The van der Waals surface area contributed by atoms with Crippen LogP contribution in [-0.2, 0) is 11.3 Å². The van der Waals surface area contributed by atoms with E-state index in [4.69, 9.17) is 11.6 Å². The van der Waals surface area contributed by atoms with Crippen LogP contribution in [0.1, 0.15) is 19.4 Å². The van der Waals surface area contributed by atoms with Crippen LogP contribution in [0.25, 0.3) is 0 Å². The third-order valence-corrected chi connectivity index (χ3v) is 5.41. The smallest absolute Gasteiger partial charge is 0.219 e. The molecule has 2 aliphatic heterocycles. The number of halogens is 1. The molecular weight excluding hydrogens is 310 g/mol. The topological polar surface area (TPSA) is 26.8 Å². The number of hydrogen-bond acceptors (Lipinski definition) is 3. The summed E-state index contributed by atoms with van der Waals surface area (Å²) in [4.78, 5) is 18.5. The highest BCUT2D eigenvalue weighted by Crippen LogP contribution is 2.25. The Morgan fingerprint density at radius 3 is 2.61 bits per heavy atom. The fourth-order valence-electron chi connectivity index (χ4n) is 3.91. The number of rotatable bonds is 3. The van der Waals surface area contributed by atoms with Crippen LogP contribution in [0.2, 0.25) is 5.02 Å². The molecule has 4 nitrogen and oxygen atoms in total. The van der Waals surface area contributed by atoms with Gasteiger partial charge in [0.25, 0.3) is 0 Å². The molecule has 2 heterocycles. The number of benzene rings is 1. The van der Waals surface area contributed by atoms with E-state index in [-0.39, 0.29) is 5.91 Å². The monoisotopic (exact) mass is 335 g/mol. The molecule has 2 atom stereocenters. The standard InChI is InChI=1S/C18H26ClN3O/c1-14-11-20(12-16-4-3-5-17(19)10-16)13-18(14)22-8-6-21(7-9-22)15(2)23/h3-5,10,14,18H,6-9,11-13H2,1-2H3/t14-,18+/m0/s1. The van der Waals surface area contributed by atoms with E-state index in [9.17, 15) is 4.79 Å². The van der Waals surface area contributed by atoms with E-state index >= 15 is 0 Å². The second-order valence-corrected chi connectivity index (χ2v) is 7.35. The number of likely N-dealkylation sites (tertiary alicyclic amines) is 1. The number of carbonyl (C=O) groups is 1. The number of carbonyl (C=O) groups excluding carboxylic acids is 1. The summed E-state index contributed by atoms with van der Waals surface area (Å²) in [5.41, 5.74) is 1.28. The summed E-state index contributed by atoms with van der Waals surface area (Å²) in [5.74, 6) is 0.866. The highest BCUT2D eigenvalue weighted by atomic mass is 35.5. The van der Waals surface area contributed by atoms with Crippen molar-refractivity contribution in [2.45, 2.75) is 26.4 Å². The Balaban J connectivity index is 1.55. The van der Waals surface area contributed by atoms with Crippen molar-refractivity contribution in [3.63, 3.8) is 0 Å². The van der Waals surface area contributed by atoms with Crippen LogP contribution in [0.5, 0.6) is 0 Å². The predicted molar refractivity (Wildman–Crippen MR) is 93.5 cm³/mol. The molecule has 2 saturated heterocycles. The van der Waals surface area contributed by atoms with Gasteiger partial charge in [-0.25, -0.2) is 0 Å². The first kappa shape index (κ1) is 16.7. The molecule has 23 heavy (non-hydrogen) atoms. The van der Waals surface area contributed by atoms with Crippen molar-refractivity contribution in [1.29, 1.82) is 0 Å². The molecule has 3 rings (SSSR count). The average molecular weight is 336 g/mol. The Kier molecular flexibility index (Phi) is 5.24. The summed E-state index contributed by atoms with van der Waals surface area (Å²) >= 11 is 6.09. The SMILES string of the molecule is CC(=O)N1CCN([C@@H]2CN(Cc3cccc(Cl)c3)C[C@@H]2C)CC1. The molecule has 1 amide bonds. The van der Waals surface area contributed by atoms with Gasteiger partial charge in [-0.3, -0.25) is 14.6 Å². The third-order valence-electron chi connectivity index (χ3n) is 5.17. The van der Waals surface area contributed by atoms with Gasteiger partial charge in [0.2, 0.25) is 5.91 Å². The van der Waals surface area contributed by atoms with E-state index in [1.54, 1.807) is 6.92 Å². The molecule has 2 fully saturated rings. The minimum Gasteiger partial charge on any atom is -0.340 e. The molecule has 1 aromatic rings. The molecule has 0 N–H and O–H groups in total. The van der Waals surface area contributed by atoms with Gasteiger partial charge in [0, 0.05) is 63.8 Å². The van der Waals surface area contributed by atoms with Gasteiger partial charge in [0.05, 0.1) is 0 Å². The first-order chi connectivity index (χ1) is 11.0. The van der Waals surface area contributed by atoms with Crippen LogP contribution in [0.3, 0.4) is 0 Å². The largest absolute Gasteiger partial charge is 0.340 e. The van der Waals surface area contributed by atoms with E-state index in [0.29, 0.717) is 12.0 Å². The van der Waals surface area contributed by atoms with Gasteiger partial charge in [-0.1, -0.05) is 30.7 Å². The van der Waals surface area contributed by atoms with Crippen molar-refractivity contribution < 1.29 is 4.79 Å². The van der Waals surface area contributed by atoms with Crippen molar-refractivity contribution >= 4 is 17.5 Å². The van der Waals surface area contributed by atoms with Crippen molar-refractivity contribution in [3.8, 4) is 0 Å². The Morgan fingerprint density at radius 2 is 1.96 bits per heavy atom. The quantitative estimate of drug-likeness (QED) is 0.848. The van der Waals surface area contributed by atoms with E-state index in [2.05, 4.69) is 28.9 Å². The first-order valence-electron chi connectivity index (χ1n) is 8.49. The molecule has 2 aliphatic rings. The lowest BCUT2D eigenvalue weighted by Gasteiger charge is -2.39. The molecule has 0 aliphatic carbocycles. The summed E-state index contributed by atoms with van der Waals surface area (Å²) < 4.78 is 0. The predicted octanol–water partition coefficient (Wildman–Crippen LogP) is 2.32. The summed E-state index contributed by atoms with van der Waals surface area (Å²) in [5, 5.41) is 0.812. The molecule has 1 aromatic carbocycles. The highest BCUT2D eigenvalue weighted by Gasteiger charge is 2.35. The minimum atomic E-state index is 0.201. The molecule has 0 saturated carbocycles. The Labute approximate surface area is 144 Å². The van der Waals surface area contributed by atoms with E-state index in [0.717, 1.165) is 50.8 Å². The number of piperazine rings is 1. The molecule has 0 unspecified atom stereocenters. The van der Waals surface area contributed by atoms with Crippen LogP contribution < -0.4 is 0 Å². The van der Waals surface area contributed by atoms with Crippen LogP contribution >= 0.6 is 11.6 Å². The number of amides is 1. The fourth-order valence-corrected chi connectivity index (χ4v) is 4.13. The molecule has 0 bridgehead atoms. The van der Waals surface area contributed by atoms with Gasteiger partial charge >= 0.3 is 0 Å². The Morgan fingerprint density at radius 1 is 1.22 bits per heavy atom. The van der Waals surface area contributed by atoms with Gasteiger partial charge in [-0.15, -0.1) is 0 Å². The Bertz CT molecular complexity index is 557. The molecule has 0 radical (unpaired) electrons. The molecule has 126 valence electrons. The minimum absolute atomic E-state index is 0.201. The zero-order chi connectivity index (χ0) is 16.4. The highest BCUT2D eigenvalue weighted by molar-refractivity contribution is 6.30. The second-order valence-electron chi connectivity index (χ2n) is 6.91. The summed E-state index contributed by atoms with van der Waals surface area (Å²) in [6.45, 7) is 11.0. The van der Waals surface area contributed by atoms with Gasteiger partial charge in [0.15, 0.2) is 0 Å². The van der Waals surface area contributed by atoms with E-state index in [1.165, 1.54) is 5.56 Å². The van der Waals surface area contributed by atoms with Crippen molar-refractivity contribution in [2.75, 3.05) is 39.3 Å². The van der Waals surface area contributed by atoms with Gasteiger partial charge < -0.3 is 4.90 Å². The lowest BCUT2D eigenvalue weighted by Crippen LogP contribution is -2.53. The van der Waals surface area contributed by atoms with Crippen LogP contribution in [0, 0.1) is 5.92 Å². The molecule has 0 spiro atoms. The van der Waals surface area contributed by atoms with Crippen molar-refractivity contribution in [2.24, 2.45) is 5.92 Å². The third kappa shape index (κ3) is 4.06. The lowest BCUT2D eigenvalue weighted by molar-refractivity contribution is -0.130. The summed E-state index contributed by atoms with van der Waals surface area (Å²) in [6.07, 6.45) is 0. The fraction of sp³-hybridized carbons (Fsp3) is 0.611. The van der Waals surface area contributed by atoms with Crippen molar-refractivity contribution in [1.82, 2.24) is 14.7 Å². The number of nitrogens with zero attached hydrogens (tertiary/aromatic N) is 3. The van der Waals surface area contributed by atoms with Crippen LogP contribution in [0.15, 0.2) is 24.3 Å². The van der Waals surface area contributed by atoms with Gasteiger partial charge in [-0.2, -0.15) is 0 Å². The molecule has 0 aromatic heterocycles. The molecular formula is C18H26ClN3O. The van der Waals surface area contributed by atoms with E-state index < -0.39 is 0 Å². The lowest BCUT2D eigenvalue weighted by atomic mass is 10.0. The van der Waals surface area contributed by atoms with Crippen LogP contribution in [0.4, 0.5) is 0 Å². The zero-order valence-electron chi connectivity index (χ0n) is 14.0. The average Bonchev–Trinajstić information content (AvgIpc) is 2.88. The normalized spacial score (nSPS) is 26.7. The number of hydrogen-bond donors (Lipinski definition) is 0. The zero-order valence-corrected chi connectivity index (χ0v) is 14.8. The second kappa shape index (κ2) is 7.20. The van der Waals surface area contributed by atoms with Crippen molar-refractivity contribution in [3.05, 3.63) is 34.9 Å². The van der Waals surface area contributed by atoms with Gasteiger partial charge in [-0.05, 0) is 23.6 Å². The maximum absolute atomic E-state index is 11.5. The maximum Gasteiger partial charge on any atom is 0.219 e. The van der Waals surface area contributed by atoms with Crippen LogP contribution in [-0.4, -0.2) is 65.9 Å². The molecule has 5 heteroatoms. The van der Waals surface area contributed by atoms with E-state index in [1.807, 2.05) is 17.0 Å². The summed E-state index contributed by atoms with van der Waals surface area (Å²) in [7, 11) is 0. The maximum atomic E-state index is 11.5. The summed E-state index contributed by atoms with van der Waals surface area (Å²) in [6, 6.07) is 8.76. The first-order valence-corrected chi connectivity index (χ1v) is 8.87. The Hall–Kier alpha value is -1.10.